The van der Waals surface area contributed by atoms with Crippen molar-refractivity contribution in [2.45, 2.75) is 40.0 Å². The number of carbonyl (C=O) groups excluding carboxylic acids is 1. The van der Waals surface area contributed by atoms with Gasteiger partial charge in [0.05, 0.1) is 22.8 Å². The number of H-pyrrole nitrogens is 2. The van der Waals surface area contributed by atoms with Gasteiger partial charge in [0.1, 0.15) is 5.78 Å². The second-order valence-corrected chi connectivity index (χ2v) is 10.8. The Labute approximate surface area is 221 Å². The summed E-state index contributed by atoms with van der Waals surface area (Å²) in [7, 11) is 0. The van der Waals surface area contributed by atoms with E-state index in [1.54, 1.807) is 0 Å². The van der Waals surface area contributed by atoms with E-state index in [9.17, 15) is 4.79 Å². The van der Waals surface area contributed by atoms with Gasteiger partial charge in [0, 0.05) is 51.0 Å². The van der Waals surface area contributed by atoms with E-state index in [-0.39, 0.29) is 27.9 Å². The molecule has 2 atom stereocenters. The van der Waals surface area contributed by atoms with Crippen molar-refractivity contribution in [3.63, 3.8) is 0 Å². The van der Waals surface area contributed by atoms with Gasteiger partial charge in [-0.1, -0.05) is 20.8 Å². The summed E-state index contributed by atoms with van der Waals surface area (Å²) in [5, 5.41) is 0. The molecule has 3 aromatic rings. The Morgan fingerprint density at radius 3 is 1.36 bits per heavy atom. The number of nitrogens with zero attached hydrogens (tertiary/aromatic N) is 2. The van der Waals surface area contributed by atoms with Crippen LogP contribution in [0.5, 0.6) is 0 Å². The van der Waals surface area contributed by atoms with E-state index in [4.69, 9.17) is 0 Å². The van der Waals surface area contributed by atoms with Crippen LogP contribution in [0.2, 0.25) is 0 Å². The molecule has 2 aliphatic heterocycles. The van der Waals surface area contributed by atoms with Gasteiger partial charge in [0.25, 0.3) is 0 Å². The first-order valence-electron chi connectivity index (χ1n) is 12.4. The number of fused-ring (bicyclic) bond motifs is 10. The van der Waals surface area contributed by atoms with Crippen LogP contribution in [0.15, 0.2) is 48.5 Å². The van der Waals surface area contributed by atoms with E-state index in [0.29, 0.717) is 11.7 Å². The van der Waals surface area contributed by atoms with Crippen LogP contribution in [-0.4, -0.2) is 25.7 Å². The summed E-state index contributed by atoms with van der Waals surface area (Å²) in [6.07, 6.45) is 11.3. The molecule has 2 N–H and O–H groups in total. The summed E-state index contributed by atoms with van der Waals surface area (Å²) in [6.45, 7) is 6.67. The number of Topliss-reactive ketones (excluding diaryl/α,β-unsaturated/α-hetero) is 1. The Balaban J connectivity index is 0.000000188. The average Bonchev–Trinajstić information content (AvgIpc) is 3.64. The monoisotopic (exact) mass is 517 g/mol. The molecule has 6 heteroatoms. The van der Waals surface area contributed by atoms with Crippen LogP contribution in [0.1, 0.15) is 62.8 Å². The first-order chi connectivity index (χ1) is 16.8. The molecule has 2 aliphatic carbocycles. The maximum absolute atomic E-state index is 11.6. The van der Waals surface area contributed by atoms with Gasteiger partial charge in [0.15, 0.2) is 0 Å². The zero-order chi connectivity index (χ0) is 24.2. The third-order valence-electron chi connectivity index (χ3n) is 8.52. The molecule has 5 nitrogen and oxygen atoms in total. The molecule has 2 saturated carbocycles. The van der Waals surface area contributed by atoms with Gasteiger partial charge in [-0.3, -0.25) is 4.79 Å². The fourth-order valence-corrected chi connectivity index (χ4v) is 5.84. The molecule has 2 fully saturated rings. The van der Waals surface area contributed by atoms with Gasteiger partial charge >= 0.3 is 0 Å². The minimum Gasteiger partial charge on any atom is -0.355 e. The van der Waals surface area contributed by atoms with E-state index >= 15 is 0 Å². The first kappa shape index (κ1) is 24.5. The molecule has 0 saturated heterocycles. The van der Waals surface area contributed by atoms with Crippen LogP contribution in [-0.2, 0) is 21.9 Å². The standard InChI is InChI=1S/C20H14N4.C10H16O.Mn/c1-2-14-10-16-5-6-18(23-16)12-20-8-7-19(24-20)11-17-4-3-15(22-17)9-13(1)21-14;1-9(2)7-4-5-10(9,3)8(11)6-7;/h1-12,21,24H;7H,4-6H2,1-3H3;. The average molecular weight is 518 g/mol. The number of aromatic nitrogens is 4. The quantitative estimate of drug-likeness (QED) is 0.216. The van der Waals surface area contributed by atoms with Gasteiger partial charge in [0.2, 0.25) is 0 Å². The van der Waals surface area contributed by atoms with E-state index in [2.05, 4.69) is 65.0 Å². The van der Waals surface area contributed by atoms with E-state index in [1.807, 2.05) is 48.6 Å². The Hall–Kier alpha value is -3.21. The second kappa shape index (κ2) is 9.02. The van der Waals surface area contributed by atoms with E-state index in [1.165, 1.54) is 6.42 Å². The maximum Gasteiger partial charge on any atom is 0.139 e. The van der Waals surface area contributed by atoms with Crippen molar-refractivity contribution in [1.82, 2.24) is 19.9 Å². The van der Waals surface area contributed by atoms with Gasteiger partial charge < -0.3 is 9.97 Å². The largest absolute Gasteiger partial charge is 0.355 e. The SMILES string of the molecule is C1=Cc2cc3ccc(cc4nc(cc5ccc(cc1n2)[nH]5)C=C4)[nH]3.CC12CCC(CC1=O)C2(C)C.[Mn]. The van der Waals surface area contributed by atoms with Crippen LogP contribution in [0.4, 0.5) is 0 Å². The molecule has 10 bridgehead atoms. The van der Waals surface area contributed by atoms with Crippen molar-refractivity contribution in [3.8, 4) is 0 Å². The molecule has 4 aliphatic rings. The van der Waals surface area contributed by atoms with Crippen LogP contribution >= 0.6 is 0 Å². The minimum atomic E-state index is 0. The van der Waals surface area contributed by atoms with Gasteiger partial charge in [-0.15, -0.1) is 0 Å². The molecule has 183 valence electrons. The normalized spacial score (nSPS) is 22.8. The number of aromatic amines is 2. The molecular formula is C30H30MnN4O. The number of rotatable bonds is 0. The summed E-state index contributed by atoms with van der Waals surface area (Å²) < 4.78 is 0. The number of ketones is 1. The van der Waals surface area contributed by atoms with Gasteiger partial charge in [-0.2, -0.15) is 0 Å². The molecule has 0 aromatic carbocycles. The third kappa shape index (κ3) is 4.29. The summed E-state index contributed by atoms with van der Waals surface area (Å²) in [6, 6.07) is 16.4. The Bertz CT molecular complexity index is 1380. The number of hydrogen-bond acceptors (Lipinski definition) is 3. The summed E-state index contributed by atoms with van der Waals surface area (Å²) in [4.78, 5) is 27.6. The fraction of sp³-hybridized carbons (Fsp3) is 0.300. The Morgan fingerprint density at radius 2 is 1.11 bits per heavy atom. The smallest absolute Gasteiger partial charge is 0.139 e. The molecule has 0 spiro atoms. The first-order valence-corrected chi connectivity index (χ1v) is 12.4. The fourth-order valence-electron chi connectivity index (χ4n) is 5.84. The number of nitrogens with one attached hydrogen (secondary N) is 2. The number of hydrogen-bond donors (Lipinski definition) is 2. The molecule has 5 heterocycles. The molecule has 7 rings (SSSR count). The minimum absolute atomic E-state index is 0. The molecule has 36 heavy (non-hydrogen) atoms. The predicted molar refractivity (Wildman–Crippen MR) is 143 cm³/mol. The van der Waals surface area contributed by atoms with Crippen molar-refractivity contribution >= 4 is 52.2 Å². The zero-order valence-corrected chi connectivity index (χ0v) is 22.0. The van der Waals surface area contributed by atoms with Crippen molar-refractivity contribution in [2.24, 2.45) is 16.7 Å². The Morgan fingerprint density at radius 1 is 0.722 bits per heavy atom. The number of carbonyl (C=O) groups is 1. The van der Waals surface area contributed by atoms with Crippen molar-refractivity contribution < 1.29 is 21.9 Å². The summed E-state index contributed by atoms with van der Waals surface area (Å²) in [5.74, 6) is 1.19. The van der Waals surface area contributed by atoms with Crippen molar-refractivity contribution in [1.29, 1.82) is 0 Å². The summed E-state index contributed by atoms with van der Waals surface area (Å²) >= 11 is 0. The van der Waals surface area contributed by atoms with Crippen LogP contribution < -0.4 is 0 Å². The van der Waals surface area contributed by atoms with Crippen LogP contribution in [0.25, 0.3) is 46.4 Å². The molecule has 0 amide bonds. The van der Waals surface area contributed by atoms with Gasteiger partial charge in [-0.05, 0) is 97.0 Å². The second-order valence-electron chi connectivity index (χ2n) is 10.8. The van der Waals surface area contributed by atoms with Crippen molar-refractivity contribution in [3.05, 3.63) is 71.3 Å². The Kier molecular flexibility index (Phi) is 6.14. The zero-order valence-electron chi connectivity index (χ0n) is 20.8. The molecular weight excluding hydrogens is 487 g/mol. The van der Waals surface area contributed by atoms with E-state index in [0.717, 1.165) is 57.7 Å². The topological polar surface area (TPSA) is 74.4 Å². The third-order valence-corrected chi connectivity index (χ3v) is 8.52. The van der Waals surface area contributed by atoms with Gasteiger partial charge in [-0.25, -0.2) is 9.97 Å². The maximum atomic E-state index is 11.6. The van der Waals surface area contributed by atoms with Crippen molar-refractivity contribution in [2.75, 3.05) is 0 Å². The van der Waals surface area contributed by atoms with E-state index < -0.39 is 0 Å². The van der Waals surface area contributed by atoms with Crippen LogP contribution in [0.3, 0.4) is 0 Å². The molecule has 1 radical (unpaired) electrons. The van der Waals surface area contributed by atoms with Crippen LogP contribution in [0, 0.1) is 16.7 Å². The molecule has 3 aromatic heterocycles. The molecule has 2 unspecified atom stereocenters. The summed E-state index contributed by atoms with van der Waals surface area (Å²) in [5.41, 5.74) is 8.17. The predicted octanol–water partition coefficient (Wildman–Crippen LogP) is 7.05.